The number of aromatic nitrogens is 2. The van der Waals surface area contributed by atoms with E-state index in [9.17, 15) is 0 Å². The molecule has 0 spiro atoms. The van der Waals surface area contributed by atoms with Crippen LogP contribution in [0.2, 0.25) is 0 Å². The lowest BCUT2D eigenvalue weighted by Gasteiger charge is -2.24. The van der Waals surface area contributed by atoms with Gasteiger partial charge in [0, 0.05) is 26.3 Å². The summed E-state index contributed by atoms with van der Waals surface area (Å²) >= 11 is 0. The zero-order valence-corrected chi connectivity index (χ0v) is 15.6. The minimum absolute atomic E-state index is 0. The second kappa shape index (κ2) is 9.27. The molecule has 1 saturated heterocycles. The molecule has 1 unspecified atom stereocenters. The van der Waals surface area contributed by atoms with Gasteiger partial charge in [0.15, 0.2) is 5.96 Å². The number of aromatic amines is 1. The number of guanidine groups is 1. The molecule has 1 fully saturated rings. The van der Waals surface area contributed by atoms with Crippen molar-refractivity contribution in [3.8, 4) is 0 Å². The van der Waals surface area contributed by atoms with Crippen molar-refractivity contribution in [1.29, 1.82) is 0 Å². The molecule has 1 aliphatic rings. The average Bonchev–Trinajstić information content (AvgIpc) is 3.13. The fourth-order valence-electron chi connectivity index (χ4n) is 3.21. The lowest BCUT2D eigenvalue weighted by molar-refractivity contribution is 0.319. The number of aliphatic imine (C=N–C) groups is 1. The summed E-state index contributed by atoms with van der Waals surface area (Å²) in [5, 5.41) is 10.3. The largest absolute Gasteiger partial charge is 0.351 e. The molecule has 2 N–H and O–H groups in total. The van der Waals surface area contributed by atoms with Crippen LogP contribution in [0.15, 0.2) is 17.3 Å². The number of H-pyrrole nitrogens is 1. The standard InChI is InChI=1S/C15H27N5.HI/c1-4-12(5-2)13-7-9-20(11-13)15(16-3)17-10-14-6-8-18-19-14;/h6,8,12-13H,4-5,7,9-11H2,1-3H3,(H,16,17)(H,18,19);1H. The molecule has 6 heteroatoms. The van der Waals surface area contributed by atoms with E-state index in [4.69, 9.17) is 0 Å². The third-order valence-corrected chi connectivity index (χ3v) is 4.45. The lowest BCUT2D eigenvalue weighted by atomic mass is 9.87. The molecule has 0 amide bonds. The summed E-state index contributed by atoms with van der Waals surface area (Å²) in [5.41, 5.74) is 1.09. The van der Waals surface area contributed by atoms with Crippen molar-refractivity contribution in [2.75, 3.05) is 20.1 Å². The number of rotatable bonds is 5. The SMILES string of the molecule is CCC(CC)C1CCN(C(=NC)NCc2ccn[nH]2)C1.I. The first-order chi connectivity index (χ1) is 9.78. The van der Waals surface area contributed by atoms with E-state index in [1.807, 2.05) is 13.1 Å². The normalized spacial score (nSPS) is 19.0. The smallest absolute Gasteiger partial charge is 0.193 e. The highest BCUT2D eigenvalue weighted by atomic mass is 127. The van der Waals surface area contributed by atoms with E-state index in [1.165, 1.54) is 19.3 Å². The molecular formula is C15H28IN5. The Morgan fingerprint density at radius 2 is 2.29 bits per heavy atom. The minimum atomic E-state index is 0. The van der Waals surface area contributed by atoms with E-state index in [0.717, 1.165) is 43.1 Å². The summed E-state index contributed by atoms with van der Waals surface area (Å²) in [7, 11) is 1.86. The van der Waals surface area contributed by atoms with Crippen LogP contribution >= 0.6 is 24.0 Å². The molecule has 2 rings (SSSR count). The van der Waals surface area contributed by atoms with E-state index in [0.29, 0.717) is 0 Å². The topological polar surface area (TPSA) is 56.3 Å². The van der Waals surface area contributed by atoms with Gasteiger partial charge in [0.2, 0.25) is 0 Å². The third-order valence-electron chi connectivity index (χ3n) is 4.45. The van der Waals surface area contributed by atoms with Crippen molar-refractivity contribution in [1.82, 2.24) is 20.4 Å². The summed E-state index contributed by atoms with van der Waals surface area (Å²) in [6.07, 6.45) is 5.64. The first-order valence-corrected chi connectivity index (χ1v) is 7.72. The minimum Gasteiger partial charge on any atom is -0.351 e. The van der Waals surface area contributed by atoms with Gasteiger partial charge in [-0.3, -0.25) is 10.1 Å². The Kier molecular flexibility index (Phi) is 8.06. The zero-order valence-electron chi connectivity index (χ0n) is 13.3. The quantitative estimate of drug-likeness (QED) is 0.450. The van der Waals surface area contributed by atoms with Gasteiger partial charge in [-0.05, 0) is 24.3 Å². The molecule has 1 aliphatic heterocycles. The maximum absolute atomic E-state index is 4.41. The molecule has 5 nitrogen and oxygen atoms in total. The first-order valence-electron chi connectivity index (χ1n) is 7.72. The molecular weight excluding hydrogens is 377 g/mol. The van der Waals surface area contributed by atoms with E-state index >= 15 is 0 Å². The summed E-state index contributed by atoms with van der Waals surface area (Å²) in [6.45, 7) is 7.61. The van der Waals surface area contributed by atoms with Gasteiger partial charge >= 0.3 is 0 Å². The van der Waals surface area contributed by atoms with Gasteiger partial charge in [-0.25, -0.2) is 0 Å². The number of nitrogens with one attached hydrogen (secondary N) is 2. The maximum atomic E-state index is 4.41. The molecule has 1 atom stereocenters. The predicted octanol–water partition coefficient (Wildman–Crippen LogP) is 2.86. The summed E-state index contributed by atoms with van der Waals surface area (Å²) < 4.78 is 0. The van der Waals surface area contributed by atoms with Crippen molar-refractivity contribution in [2.24, 2.45) is 16.8 Å². The highest BCUT2D eigenvalue weighted by molar-refractivity contribution is 14.0. The van der Waals surface area contributed by atoms with E-state index in [-0.39, 0.29) is 24.0 Å². The van der Waals surface area contributed by atoms with E-state index < -0.39 is 0 Å². The third kappa shape index (κ3) is 4.86. The molecule has 1 aromatic rings. The van der Waals surface area contributed by atoms with Crippen molar-refractivity contribution >= 4 is 29.9 Å². The van der Waals surface area contributed by atoms with Crippen LogP contribution < -0.4 is 5.32 Å². The van der Waals surface area contributed by atoms with Crippen molar-refractivity contribution < 1.29 is 0 Å². The van der Waals surface area contributed by atoms with Gasteiger partial charge in [0.05, 0.1) is 12.2 Å². The Labute approximate surface area is 145 Å². The second-order valence-electron chi connectivity index (χ2n) is 5.55. The van der Waals surface area contributed by atoms with Crippen LogP contribution in [0.25, 0.3) is 0 Å². The number of hydrogen-bond acceptors (Lipinski definition) is 2. The fraction of sp³-hybridized carbons (Fsp3) is 0.733. The lowest BCUT2D eigenvalue weighted by Crippen LogP contribution is -2.40. The van der Waals surface area contributed by atoms with Crippen molar-refractivity contribution in [3.63, 3.8) is 0 Å². The fourth-order valence-corrected chi connectivity index (χ4v) is 3.21. The Morgan fingerprint density at radius 3 is 2.86 bits per heavy atom. The van der Waals surface area contributed by atoms with Crippen LogP contribution in [0.1, 0.15) is 38.8 Å². The van der Waals surface area contributed by atoms with Gasteiger partial charge in [0.1, 0.15) is 0 Å². The van der Waals surface area contributed by atoms with Gasteiger partial charge in [-0.15, -0.1) is 24.0 Å². The van der Waals surface area contributed by atoms with Gasteiger partial charge in [0.25, 0.3) is 0 Å². The maximum Gasteiger partial charge on any atom is 0.193 e. The monoisotopic (exact) mass is 405 g/mol. The Balaban J connectivity index is 0.00000220. The van der Waals surface area contributed by atoms with E-state index in [2.05, 4.69) is 39.3 Å². The van der Waals surface area contributed by atoms with Gasteiger partial charge in [-0.2, -0.15) is 5.10 Å². The van der Waals surface area contributed by atoms with Gasteiger partial charge < -0.3 is 10.2 Å². The van der Waals surface area contributed by atoms with Gasteiger partial charge in [-0.1, -0.05) is 26.7 Å². The molecule has 0 saturated carbocycles. The van der Waals surface area contributed by atoms with Crippen LogP contribution in [-0.2, 0) is 6.54 Å². The second-order valence-corrected chi connectivity index (χ2v) is 5.55. The van der Waals surface area contributed by atoms with Crippen LogP contribution in [-0.4, -0.2) is 41.2 Å². The van der Waals surface area contributed by atoms with Crippen molar-refractivity contribution in [2.45, 2.75) is 39.7 Å². The van der Waals surface area contributed by atoms with Crippen LogP contribution in [0.3, 0.4) is 0 Å². The molecule has 2 heterocycles. The average molecular weight is 405 g/mol. The van der Waals surface area contributed by atoms with Crippen LogP contribution in [0.4, 0.5) is 0 Å². The Bertz CT molecular complexity index is 414. The summed E-state index contributed by atoms with van der Waals surface area (Å²) in [5.74, 6) is 2.68. The number of halogens is 1. The zero-order chi connectivity index (χ0) is 14.4. The predicted molar refractivity (Wildman–Crippen MR) is 98.0 cm³/mol. The Morgan fingerprint density at radius 1 is 1.52 bits per heavy atom. The highest BCUT2D eigenvalue weighted by Crippen LogP contribution is 2.28. The molecule has 0 bridgehead atoms. The Hall–Kier alpha value is -0.790. The van der Waals surface area contributed by atoms with Crippen LogP contribution in [0, 0.1) is 11.8 Å². The highest BCUT2D eigenvalue weighted by Gasteiger charge is 2.29. The molecule has 0 aromatic carbocycles. The number of nitrogens with zero attached hydrogens (tertiary/aromatic N) is 3. The van der Waals surface area contributed by atoms with E-state index in [1.54, 1.807) is 6.20 Å². The first kappa shape index (κ1) is 18.3. The van der Waals surface area contributed by atoms with Crippen molar-refractivity contribution in [3.05, 3.63) is 18.0 Å². The number of hydrogen-bond donors (Lipinski definition) is 2. The molecule has 21 heavy (non-hydrogen) atoms. The molecule has 0 radical (unpaired) electrons. The summed E-state index contributed by atoms with van der Waals surface area (Å²) in [6, 6.07) is 1.98. The summed E-state index contributed by atoms with van der Waals surface area (Å²) in [4.78, 5) is 6.80. The molecule has 0 aliphatic carbocycles. The molecule has 120 valence electrons. The van der Waals surface area contributed by atoms with Crippen LogP contribution in [0.5, 0.6) is 0 Å². The molecule has 1 aromatic heterocycles. The number of likely N-dealkylation sites (tertiary alicyclic amines) is 1.